The molecular weight excluding hydrogens is 437 g/mol. The maximum Gasteiger partial charge on any atom is 0.304 e. The van der Waals surface area contributed by atoms with E-state index in [0.717, 1.165) is 39.6 Å². The number of rotatable bonds is 5. The Hall–Kier alpha value is -4.07. The minimum atomic E-state index is -0.831. The average molecular weight is 459 g/mol. The molecule has 4 aromatic rings. The number of aliphatic carboxylic acids is 1. The number of aryl methyl sites for hydroxylation is 1. The third-order valence-electron chi connectivity index (χ3n) is 6.47. The molecule has 0 unspecified atom stereocenters. The van der Waals surface area contributed by atoms with Crippen LogP contribution in [-0.4, -0.2) is 33.8 Å². The molecule has 0 fully saturated rings. The molecular formula is C26H22FN3O4. The van der Waals surface area contributed by atoms with E-state index in [1.807, 2.05) is 47.9 Å². The van der Waals surface area contributed by atoms with E-state index in [4.69, 9.17) is 14.6 Å². The van der Waals surface area contributed by atoms with Crippen molar-refractivity contribution in [2.75, 3.05) is 18.5 Å². The number of halogens is 1. The lowest BCUT2D eigenvalue weighted by molar-refractivity contribution is -0.137. The van der Waals surface area contributed by atoms with Gasteiger partial charge in [0.1, 0.15) is 29.7 Å². The Morgan fingerprint density at radius 2 is 2.03 bits per heavy atom. The Kier molecular flexibility index (Phi) is 4.69. The number of aromatic nitrogens is 2. The molecule has 0 amide bonds. The fourth-order valence-electron chi connectivity index (χ4n) is 4.95. The molecule has 3 heterocycles. The molecule has 2 atom stereocenters. The molecule has 8 heteroatoms. The molecule has 6 rings (SSSR count). The molecule has 34 heavy (non-hydrogen) atoms. The van der Waals surface area contributed by atoms with Crippen molar-refractivity contribution in [2.24, 2.45) is 0 Å². The standard InChI is InChI=1S/C26H22FN3O4/c1-14-28-20-8-5-16(27)10-23(20)30(14)22-4-2-3-19-21(13-34-26(19)22)29-17-6-7-18-15(9-25(31)32)12-33-24(18)11-17/h2-8,10-11,15,21,29H,9,12-13H2,1H3,(H,31,32)/t15-,21+/m1/s1. The van der Waals surface area contributed by atoms with Crippen LogP contribution in [0.25, 0.3) is 16.7 Å². The van der Waals surface area contributed by atoms with Crippen LogP contribution in [0.4, 0.5) is 10.1 Å². The first-order valence-electron chi connectivity index (χ1n) is 11.1. The minimum absolute atomic E-state index is 0.0542. The molecule has 0 spiro atoms. The number of carboxylic acids is 1. The van der Waals surface area contributed by atoms with Crippen molar-refractivity contribution in [3.63, 3.8) is 0 Å². The number of nitrogens with zero attached hydrogens (tertiary/aromatic N) is 2. The van der Waals surface area contributed by atoms with Gasteiger partial charge < -0.3 is 19.9 Å². The van der Waals surface area contributed by atoms with Gasteiger partial charge in [-0.1, -0.05) is 18.2 Å². The topological polar surface area (TPSA) is 85.6 Å². The molecule has 0 aliphatic carbocycles. The number of imidazole rings is 1. The van der Waals surface area contributed by atoms with E-state index in [2.05, 4.69) is 10.3 Å². The van der Waals surface area contributed by atoms with Gasteiger partial charge in [-0.05, 0) is 31.2 Å². The predicted octanol–water partition coefficient (Wildman–Crippen LogP) is 4.97. The van der Waals surface area contributed by atoms with Crippen molar-refractivity contribution in [2.45, 2.75) is 25.3 Å². The van der Waals surface area contributed by atoms with Gasteiger partial charge in [0.25, 0.3) is 0 Å². The summed E-state index contributed by atoms with van der Waals surface area (Å²) < 4.78 is 27.8. The normalized spacial score (nSPS) is 18.3. The summed E-state index contributed by atoms with van der Waals surface area (Å²) >= 11 is 0. The molecule has 2 aliphatic heterocycles. The fraction of sp³-hybridized carbons (Fsp3) is 0.231. The van der Waals surface area contributed by atoms with Crippen LogP contribution < -0.4 is 14.8 Å². The third-order valence-corrected chi connectivity index (χ3v) is 6.47. The Labute approximate surface area is 194 Å². The maximum absolute atomic E-state index is 14.0. The number of nitrogens with one attached hydrogen (secondary N) is 1. The Morgan fingerprint density at radius 1 is 1.15 bits per heavy atom. The van der Waals surface area contributed by atoms with Crippen LogP contribution in [0.2, 0.25) is 0 Å². The first-order valence-corrected chi connectivity index (χ1v) is 11.1. The van der Waals surface area contributed by atoms with Gasteiger partial charge in [-0.25, -0.2) is 9.37 Å². The molecule has 0 saturated heterocycles. The van der Waals surface area contributed by atoms with E-state index in [1.165, 1.54) is 12.1 Å². The van der Waals surface area contributed by atoms with Gasteiger partial charge in [-0.15, -0.1) is 0 Å². The van der Waals surface area contributed by atoms with E-state index >= 15 is 0 Å². The van der Waals surface area contributed by atoms with Crippen LogP contribution in [0.3, 0.4) is 0 Å². The highest BCUT2D eigenvalue weighted by Gasteiger charge is 2.30. The van der Waals surface area contributed by atoms with Gasteiger partial charge in [0, 0.05) is 34.9 Å². The van der Waals surface area contributed by atoms with Crippen molar-refractivity contribution >= 4 is 22.7 Å². The third kappa shape index (κ3) is 3.34. The molecule has 7 nitrogen and oxygen atoms in total. The lowest BCUT2D eigenvalue weighted by Gasteiger charge is -2.15. The number of fused-ring (bicyclic) bond motifs is 3. The van der Waals surface area contributed by atoms with Crippen molar-refractivity contribution < 1.29 is 23.8 Å². The van der Waals surface area contributed by atoms with E-state index in [1.54, 1.807) is 6.07 Å². The quantitative estimate of drug-likeness (QED) is 0.438. The number of carboxylic acid groups (broad SMARTS) is 1. The summed E-state index contributed by atoms with van der Waals surface area (Å²) in [6.07, 6.45) is 0.0542. The van der Waals surface area contributed by atoms with Crippen LogP contribution in [-0.2, 0) is 4.79 Å². The number of anilines is 1. The molecule has 0 saturated carbocycles. The maximum atomic E-state index is 14.0. The Balaban J connectivity index is 1.31. The summed E-state index contributed by atoms with van der Waals surface area (Å²) in [6, 6.07) is 16.2. The van der Waals surface area contributed by atoms with Crippen LogP contribution in [0, 0.1) is 12.7 Å². The highest BCUT2D eigenvalue weighted by atomic mass is 19.1. The zero-order chi connectivity index (χ0) is 23.4. The van der Waals surface area contributed by atoms with Crippen molar-refractivity contribution in [1.82, 2.24) is 9.55 Å². The number of ether oxygens (including phenoxy) is 2. The van der Waals surface area contributed by atoms with E-state index in [9.17, 15) is 9.18 Å². The fourth-order valence-corrected chi connectivity index (χ4v) is 4.95. The van der Waals surface area contributed by atoms with Crippen LogP contribution in [0.15, 0.2) is 54.6 Å². The zero-order valence-electron chi connectivity index (χ0n) is 18.4. The summed E-state index contributed by atoms with van der Waals surface area (Å²) in [7, 11) is 0. The van der Waals surface area contributed by atoms with Gasteiger partial charge in [0.2, 0.25) is 0 Å². The molecule has 0 bridgehead atoms. The molecule has 2 aliphatic rings. The Morgan fingerprint density at radius 3 is 2.88 bits per heavy atom. The molecule has 1 aromatic heterocycles. The zero-order valence-corrected chi connectivity index (χ0v) is 18.4. The first kappa shape index (κ1) is 20.5. The molecule has 0 radical (unpaired) electrons. The number of benzene rings is 3. The van der Waals surface area contributed by atoms with Crippen molar-refractivity contribution in [1.29, 1.82) is 0 Å². The second-order valence-electron chi connectivity index (χ2n) is 8.69. The predicted molar refractivity (Wildman–Crippen MR) is 125 cm³/mol. The summed E-state index contributed by atoms with van der Waals surface area (Å²) in [6.45, 7) is 2.71. The number of hydrogen-bond acceptors (Lipinski definition) is 5. The SMILES string of the molecule is Cc1nc2ccc(F)cc2n1-c1cccc2c1OC[C@@H]2Nc1ccc2c(c1)OC[C@H]2CC(=O)O. The van der Waals surface area contributed by atoms with Crippen LogP contribution >= 0.6 is 0 Å². The van der Waals surface area contributed by atoms with Gasteiger partial charge in [-0.3, -0.25) is 9.36 Å². The van der Waals surface area contributed by atoms with Crippen LogP contribution in [0.1, 0.15) is 35.3 Å². The Bertz CT molecular complexity index is 1450. The van der Waals surface area contributed by atoms with Gasteiger partial charge >= 0.3 is 5.97 Å². The number of para-hydroxylation sites is 1. The number of hydrogen-bond donors (Lipinski definition) is 2. The summed E-state index contributed by atoms with van der Waals surface area (Å²) in [4.78, 5) is 15.7. The number of carbonyl (C=O) groups is 1. The molecule has 3 aromatic carbocycles. The van der Waals surface area contributed by atoms with E-state index in [-0.39, 0.29) is 24.2 Å². The van der Waals surface area contributed by atoms with Gasteiger partial charge in [0.15, 0.2) is 0 Å². The van der Waals surface area contributed by atoms with Crippen molar-refractivity contribution in [3.05, 3.63) is 77.4 Å². The second kappa shape index (κ2) is 7.76. The second-order valence-corrected chi connectivity index (χ2v) is 8.69. The van der Waals surface area contributed by atoms with Gasteiger partial charge in [0.05, 0.1) is 35.8 Å². The summed E-state index contributed by atoms with van der Waals surface area (Å²) in [5, 5.41) is 12.6. The summed E-state index contributed by atoms with van der Waals surface area (Å²) in [5.41, 5.74) is 5.03. The van der Waals surface area contributed by atoms with E-state index < -0.39 is 5.97 Å². The summed E-state index contributed by atoms with van der Waals surface area (Å²) in [5.74, 6) is 0.935. The molecule has 2 N–H and O–H groups in total. The average Bonchev–Trinajstić information content (AvgIpc) is 3.48. The first-order chi connectivity index (χ1) is 16.5. The highest BCUT2D eigenvalue weighted by molar-refractivity contribution is 5.79. The lowest BCUT2D eigenvalue weighted by Crippen LogP contribution is -2.11. The van der Waals surface area contributed by atoms with Crippen LogP contribution in [0.5, 0.6) is 11.5 Å². The highest BCUT2D eigenvalue weighted by Crippen LogP contribution is 2.42. The molecule has 172 valence electrons. The van der Waals surface area contributed by atoms with Gasteiger partial charge in [-0.2, -0.15) is 0 Å². The largest absolute Gasteiger partial charge is 0.493 e. The van der Waals surface area contributed by atoms with Crippen molar-refractivity contribution in [3.8, 4) is 17.2 Å². The lowest BCUT2D eigenvalue weighted by atomic mass is 9.97. The smallest absolute Gasteiger partial charge is 0.304 e. The minimum Gasteiger partial charge on any atom is -0.493 e. The van der Waals surface area contributed by atoms with E-state index in [0.29, 0.717) is 24.5 Å². The monoisotopic (exact) mass is 459 g/mol.